The summed E-state index contributed by atoms with van der Waals surface area (Å²) in [5, 5.41) is 3.25. The van der Waals surface area contributed by atoms with Crippen molar-refractivity contribution in [2.24, 2.45) is 0 Å². The molecule has 16 heavy (non-hydrogen) atoms. The smallest absolute Gasteiger partial charge is 0.247 e. The van der Waals surface area contributed by atoms with Gasteiger partial charge in [-0.25, -0.2) is 0 Å². The summed E-state index contributed by atoms with van der Waals surface area (Å²) < 4.78 is 5.13. The third-order valence-electron chi connectivity index (χ3n) is 2.72. The highest BCUT2D eigenvalue weighted by molar-refractivity contribution is 5.91. The summed E-state index contributed by atoms with van der Waals surface area (Å²) in [5.41, 5.74) is 0. The molecule has 0 radical (unpaired) electrons. The predicted octanol–water partition coefficient (Wildman–Crippen LogP) is 1.11. The third-order valence-corrected chi connectivity index (χ3v) is 2.72. The predicted molar refractivity (Wildman–Crippen MR) is 61.8 cm³/mol. The van der Waals surface area contributed by atoms with Crippen LogP contribution in [0.25, 0.3) is 6.08 Å². The first-order valence-electron chi connectivity index (χ1n) is 5.50. The van der Waals surface area contributed by atoms with Crippen molar-refractivity contribution in [1.82, 2.24) is 10.2 Å². The number of rotatable bonds is 2. The fraction of sp³-hybridized carbons (Fsp3) is 0.417. The standard InChI is InChI=1S/C12H16N2O2/c1-10-9-13-6-7-14(10)12(15)5-4-11-3-2-8-16-11/h2-5,8,10,13H,6-7,9H2,1H3/b5-4+/t10-/m0/s1. The Kier molecular flexibility index (Phi) is 3.41. The third kappa shape index (κ3) is 2.52. The Morgan fingerprint density at radius 3 is 3.25 bits per heavy atom. The molecule has 1 N–H and O–H groups in total. The van der Waals surface area contributed by atoms with Crippen molar-refractivity contribution < 1.29 is 9.21 Å². The maximum absolute atomic E-state index is 11.9. The van der Waals surface area contributed by atoms with Crippen molar-refractivity contribution in [3.63, 3.8) is 0 Å². The highest BCUT2D eigenvalue weighted by atomic mass is 16.3. The Bertz CT molecular complexity index is 370. The van der Waals surface area contributed by atoms with Gasteiger partial charge in [-0.2, -0.15) is 0 Å². The first-order valence-corrected chi connectivity index (χ1v) is 5.50. The Hall–Kier alpha value is -1.55. The first kappa shape index (κ1) is 11.0. The van der Waals surface area contributed by atoms with E-state index in [-0.39, 0.29) is 11.9 Å². The van der Waals surface area contributed by atoms with E-state index in [1.165, 1.54) is 0 Å². The highest BCUT2D eigenvalue weighted by Gasteiger charge is 2.20. The number of nitrogens with one attached hydrogen (secondary N) is 1. The van der Waals surface area contributed by atoms with Gasteiger partial charge < -0.3 is 14.6 Å². The number of amides is 1. The molecular formula is C12H16N2O2. The van der Waals surface area contributed by atoms with Gasteiger partial charge in [0.1, 0.15) is 5.76 Å². The first-order chi connectivity index (χ1) is 7.77. The number of carbonyl (C=O) groups excluding carboxylic acids is 1. The summed E-state index contributed by atoms with van der Waals surface area (Å²) in [6.45, 7) is 4.54. The topological polar surface area (TPSA) is 45.5 Å². The molecule has 1 amide bonds. The minimum absolute atomic E-state index is 0.0467. The van der Waals surface area contributed by atoms with Gasteiger partial charge in [0.2, 0.25) is 5.91 Å². The van der Waals surface area contributed by atoms with Gasteiger partial charge in [-0.1, -0.05) is 0 Å². The Morgan fingerprint density at radius 2 is 2.56 bits per heavy atom. The van der Waals surface area contributed by atoms with E-state index in [1.54, 1.807) is 24.5 Å². The largest absolute Gasteiger partial charge is 0.465 e. The van der Waals surface area contributed by atoms with E-state index in [2.05, 4.69) is 5.32 Å². The molecule has 1 atom stereocenters. The Balaban J connectivity index is 1.97. The zero-order chi connectivity index (χ0) is 11.4. The van der Waals surface area contributed by atoms with E-state index >= 15 is 0 Å². The molecule has 1 saturated heterocycles. The normalized spacial score (nSPS) is 21.6. The van der Waals surface area contributed by atoms with Crippen LogP contribution in [0.3, 0.4) is 0 Å². The van der Waals surface area contributed by atoms with Crippen LogP contribution < -0.4 is 5.32 Å². The van der Waals surface area contributed by atoms with Gasteiger partial charge in [0.15, 0.2) is 0 Å². The molecule has 1 aliphatic heterocycles. The van der Waals surface area contributed by atoms with Crippen molar-refractivity contribution in [1.29, 1.82) is 0 Å². The molecule has 0 saturated carbocycles. The fourth-order valence-corrected chi connectivity index (χ4v) is 1.80. The van der Waals surface area contributed by atoms with E-state index < -0.39 is 0 Å². The summed E-state index contributed by atoms with van der Waals surface area (Å²) in [7, 11) is 0. The zero-order valence-corrected chi connectivity index (χ0v) is 9.35. The van der Waals surface area contributed by atoms with E-state index in [4.69, 9.17) is 4.42 Å². The quantitative estimate of drug-likeness (QED) is 0.759. The van der Waals surface area contributed by atoms with Crippen LogP contribution in [0.15, 0.2) is 28.9 Å². The maximum Gasteiger partial charge on any atom is 0.247 e. The molecule has 86 valence electrons. The van der Waals surface area contributed by atoms with Crippen LogP contribution in [0.1, 0.15) is 12.7 Å². The van der Waals surface area contributed by atoms with Gasteiger partial charge in [-0.15, -0.1) is 0 Å². The van der Waals surface area contributed by atoms with Crippen LogP contribution in [-0.2, 0) is 4.79 Å². The lowest BCUT2D eigenvalue weighted by Crippen LogP contribution is -2.51. The number of hydrogen-bond donors (Lipinski definition) is 1. The van der Waals surface area contributed by atoms with Crippen molar-refractivity contribution in [2.45, 2.75) is 13.0 Å². The fourth-order valence-electron chi connectivity index (χ4n) is 1.80. The van der Waals surface area contributed by atoms with Gasteiger partial charge in [-0.3, -0.25) is 4.79 Å². The Morgan fingerprint density at radius 1 is 1.69 bits per heavy atom. The maximum atomic E-state index is 11.9. The summed E-state index contributed by atoms with van der Waals surface area (Å²) in [6, 6.07) is 3.88. The van der Waals surface area contributed by atoms with Crippen LogP contribution in [0.2, 0.25) is 0 Å². The molecule has 0 unspecified atom stereocenters. The molecule has 1 aliphatic rings. The SMILES string of the molecule is C[C@H]1CNCCN1C(=O)/C=C/c1ccco1. The number of hydrogen-bond acceptors (Lipinski definition) is 3. The summed E-state index contributed by atoms with van der Waals surface area (Å²) in [5.74, 6) is 0.751. The molecule has 4 nitrogen and oxygen atoms in total. The number of carbonyl (C=O) groups is 1. The van der Waals surface area contributed by atoms with Crippen LogP contribution in [-0.4, -0.2) is 36.5 Å². The number of piperazine rings is 1. The minimum Gasteiger partial charge on any atom is -0.465 e. The highest BCUT2D eigenvalue weighted by Crippen LogP contribution is 2.06. The van der Waals surface area contributed by atoms with Crippen LogP contribution in [0.4, 0.5) is 0 Å². The van der Waals surface area contributed by atoms with Gasteiger partial charge in [0.25, 0.3) is 0 Å². The average Bonchev–Trinajstić information content (AvgIpc) is 2.79. The van der Waals surface area contributed by atoms with E-state index in [0.717, 1.165) is 19.6 Å². The van der Waals surface area contributed by atoms with E-state index in [9.17, 15) is 4.79 Å². The van der Waals surface area contributed by atoms with E-state index in [0.29, 0.717) is 5.76 Å². The molecule has 1 aromatic heterocycles. The van der Waals surface area contributed by atoms with Crippen LogP contribution in [0, 0.1) is 0 Å². The van der Waals surface area contributed by atoms with Crippen LogP contribution >= 0.6 is 0 Å². The van der Waals surface area contributed by atoms with Crippen LogP contribution in [0.5, 0.6) is 0 Å². The molecular weight excluding hydrogens is 204 g/mol. The van der Waals surface area contributed by atoms with Gasteiger partial charge in [0.05, 0.1) is 6.26 Å². The molecule has 0 spiro atoms. The molecule has 0 aliphatic carbocycles. The lowest BCUT2D eigenvalue weighted by Gasteiger charge is -2.33. The number of nitrogens with zero attached hydrogens (tertiary/aromatic N) is 1. The summed E-state index contributed by atoms with van der Waals surface area (Å²) in [6.07, 6.45) is 4.87. The lowest BCUT2D eigenvalue weighted by atomic mass is 10.2. The Labute approximate surface area is 94.9 Å². The van der Waals surface area contributed by atoms with Crippen molar-refractivity contribution in [3.8, 4) is 0 Å². The monoisotopic (exact) mass is 220 g/mol. The minimum atomic E-state index is 0.0467. The summed E-state index contributed by atoms with van der Waals surface area (Å²) in [4.78, 5) is 13.7. The van der Waals surface area contributed by atoms with E-state index in [1.807, 2.05) is 17.9 Å². The molecule has 1 fully saturated rings. The van der Waals surface area contributed by atoms with Gasteiger partial charge in [0, 0.05) is 31.8 Å². The zero-order valence-electron chi connectivity index (χ0n) is 9.35. The average molecular weight is 220 g/mol. The molecule has 2 rings (SSSR count). The number of furan rings is 1. The van der Waals surface area contributed by atoms with Gasteiger partial charge in [-0.05, 0) is 25.1 Å². The van der Waals surface area contributed by atoms with Crippen molar-refractivity contribution >= 4 is 12.0 Å². The second-order valence-electron chi connectivity index (χ2n) is 3.93. The summed E-state index contributed by atoms with van der Waals surface area (Å²) >= 11 is 0. The van der Waals surface area contributed by atoms with Crippen molar-refractivity contribution in [2.75, 3.05) is 19.6 Å². The molecule has 1 aromatic rings. The van der Waals surface area contributed by atoms with Crippen molar-refractivity contribution in [3.05, 3.63) is 30.2 Å². The second kappa shape index (κ2) is 4.99. The molecule has 0 aromatic carbocycles. The second-order valence-corrected chi connectivity index (χ2v) is 3.93. The molecule has 4 heteroatoms. The molecule has 2 heterocycles. The van der Waals surface area contributed by atoms with Gasteiger partial charge >= 0.3 is 0 Å². The molecule has 0 bridgehead atoms. The lowest BCUT2D eigenvalue weighted by molar-refractivity contribution is -0.128.